The van der Waals surface area contributed by atoms with E-state index in [1.54, 1.807) is 54.6 Å². The average molecular weight is 290 g/mol. The molecule has 1 aliphatic rings. The standard InChI is InChI=1S/C17H10N2O3/c20-15-11-8-4-5-9-12(11)18-14-13(15)16(21)19(17(14)22)10-6-2-1-3-7-10/h1-9H,(H,18,20). The summed E-state index contributed by atoms with van der Waals surface area (Å²) in [5.74, 6) is -1.09. The zero-order valence-electron chi connectivity index (χ0n) is 11.4. The number of benzene rings is 2. The fourth-order valence-electron chi connectivity index (χ4n) is 2.73. The number of pyridine rings is 1. The topological polar surface area (TPSA) is 70.2 Å². The van der Waals surface area contributed by atoms with Gasteiger partial charge in [-0.1, -0.05) is 30.3 Å². The number of hydrogen-bond acceptors (Lipinski definition) is 3. The Hall–Kier alpha value is -3.21. The molecule has 3 aromatic rings. The smallest absolute Gasteiger partial charge is 0.282 e. The van der Waals surface area contributed by atoms with Gasteiger partial charge in [0, 0.05) is 10.9 Å². The summed E-state index contributed by atoms with van der Waals surface area (Å²) >= 11 is 0. The maximum Gasteiger partial charge on any atom is 0.282 e. The SMILES string of the molecule is O=C1c2[nH]c3ccccc3c(=O)c2C(=O)N1c1ccccc1. The molecule has 0 unspecified atom stereocenters. The number of carbonyl (C=O) groups excluding carboxylic acids is 2. The zero-order chi connectivity index (χ0) is 15.3. The number of aromatic amines is 1. The summed E-state index contributed by atoms with van der Waals surface area (Å²) in [6, 6.07) is 15.4. The van der Waals surface area contributed by atoms with Crippen molar-refractivity contribution in [3.63, 3.8) is 0 Å². The van der Waals surface area contributed by atoms with Gasteiger partial charge in [0.15, 0.2) is 0 Å². The second-order valence-electron chi connectivity index (χ2n) is 5.03. The van der Waals surface area contributed by atoms with Crippen LogP contribution < -0.4 is 10.3 Å². The Kier molecular flexibility index (Phi) is 2.50. The first-order valence-corrected chi connectivity index (χ1v) is 6.77. The summed E-state index contributed by atoms with van der Waals surface area (Å²) < 4.78 is 0. The fraction of sp³-hybridized carbons (Fsp3) is 0. The van der Waals surface area contributed by atoms with Crippen LogP contribution in [0.15, 0.2) is 59.4 Å². The minimum atomic E-state index is -0.585. The third-order valence-electron chi connectivity index (χ3n) is 3.76. The monoisotopic (exact) mass is 290 g/mol. The van der Waals surface area contributed by atoms with E-state index in [1.165, 1.54) is 0 Å². The minimum Gasteiger partial charge on any atom is -0.350 e. The van der Waals surface area contributed by atoms with Crippen molar-refractivity contribution in [2.24, 2.45) is 0 Å². The Balaban J connectivity index is 2.00. The molecule has 0 saturated carbocycles. The third-order valence-corrected chi connectivity index (χ3v) is 3.76. The van der Waals surface area contributed by atoms with E-state index >= 15 is 0 Å². The number of rotatable bonds is 1. The summed E-state index contributed by atoms with van der Waals surface area (Å²) in [5, 5.41) is 0.400. The number of amides is 2. The number of nitrogens with zero attached hydrogens (tertiary/aromatic N) is 1. The van der Waals surface area contributed by atoms with Crippen molar-refractivity contribution in [3.05, 3.63) is 76.1 Å². The normalized spacial score (nSPS) is 13.7. The summed E-state index contributed by atoms with van der Waals surface area (Å²) in [6.07, 6.45) is 0. The molecule has 2 amide bonds. The Bertz CT molecular complexity index is 990. The van der Waals surface area contributed by atoms with Gasteiger partial charge in [0.05, 0.1) is 5.69 Å². The number of nitrogens with one attached hydrogen (secondary N) is 1. The molecule has 22 heavy (non-hydrogen) atoms. The Labute approximate surface area is 124 Å². The molecule has 1 N–H and O–H groups in total. The lowest BCUT2D eigenvalue weighted by atomic mass is 10.1. The van der Waals surface area contributed by atoms with E-state index in [-0.39, 0.29) is 11.3 Å². The van der Waals surface area contributed by atoms with E-state index in [9.17, 15) is 14.4 Å². The quantitative estimate of drug-likeness (QED) is 0.699. The van der Waals surface area contributed by atoms with E-state index in [0.717, 1.165) is 4.90 Å². The third kappa shape index (κ3) is 1.56. The number of aromatic nitrogens is 1. The highest BCUT2D eigenvalue weighted by Crippen LogP contribution is 2.26. The molecule has 1 aliphatic heterocycles. The molecule has 0 bridgehead atoms. The number of imide groups is 1. The molecular weight excluding hydrogens is 280 g/mol. The van der Waals surface area contributed by atoms with Gasteiger partial charge >= 0.3 is 0 Å². The molecule has 0 saturated heterocycles. The van der Waals surface area contributed by atoms with E-state index in [1.807, 2.05) is 0 Å². The molecule has 0 aliphatic carbocycles. The Morgan fingerprint density at radius 1 is 0.773 bits per heavy atom. The van der Waals surface area contributed by atoms with Crippen LogP contribution in [0.1, 0.15) is 20.8 Å². The maximum absolute atomic E-state index is 12.6. The van der Waals surface area contributed by atoms with Crippen LogP contribution in [0, 0.1) is 0 Å². The van der Waals surface area contributed by atoms with Crippen molar-refractivity contribution in [1.29, 1.82) is 0 Å². The maximum atomic E-state index is 12.6. The highest BCUT2D eigenvalue weighted by molar-refractivity contribution is 6.34. The molecule has 0 spiro atoms. The second kappa shape index (κ2) is 4.39. The lowest BCUT2D eigenvalue weighted by Gasteiger charge is -2.12. The van der Waals surface area contributed by atoms with Crippen molar-refractivity contribution in [1.82, 2.24) is 4.98 Å². The van der Waals surface area contributed by atoms with Crippen molar-refractivity contribution >= 4 is 28.4 Å². The van der Waals surface area contributed by atoms with Gasteiger partial charge in [-0.3, -0.25) is 14.4 Å². The second-order valence-corrected chi connectivity index (χ2v) is 5.03. The Morgan fingerprint density at radius 3 is 2.23 bits per heavy atom. The van der Waals surface area contributed by atoms with Crippen molar-refractivity contribution in [3.8, 4) is 0 Å². The number of para-hydroxylation sites is 2. The first-order valence-electron chi connectivity index (χ1n) is 6.77. The fourth-order valence-corrected chi connectivity index (χ4v) is 2.73. The van der Waals surface area contributed by atoms with E-state index < -0.39 is 17.2 Å². The van der Waals surface area contributed by atoms with Gasteiger partial charge in [-0.2, -0.15) is 0 Å². The van der Waals surface area contributed by atoms with Gasteiger partial charge in [-0.25, -0.2) is 4.90 Å². The van der Waals surface area contributed by atoms with Gasteiger partial charge in [0.25, 0.3) is 11.8 Å². The van der Waals surface area contributed by atoms with Crippen LogP contribution in [0.3, 0.4) is 0 Å². The number of anilines is 1. The lowest BCUT2D eigenvalue weighted by Crippen LogP contribution is -2.30. The van der Waals surface area contributed by atoms with E-state index in [4.69, 9.17) is 0 Å². The van der Waals surface area contributed by atoms with E-state index in [2.05, 4.69) is 4.98 Å². The van der Waals surface area contributed by atoms with Crippen LogP contribution in [0.4, 0.5) is 5.69 Å². The van der Waals surface area contributed by atoms with Crippen LogP contribution in [0.5, 0.6) is 0 Å². The molecule has 0 radical (unpaired) electrons. The molecule has 5 heteroatoms. The lowest BCUT2D eigenvalue weighted by molar-refractivity contribution is 0.0924. The summed E-state index contributed by atoms with van der Waals surface area (Å²) in [6.45, 7) is 0. The highest BCUT2D eigenvalue weighted by Gasteiger charge is 2.40. The van der Waals surface area contributed by atoms with E-state index in [0.29, 0.717) is 16.6 Å². The summed E-state index contributed by atoms with van der Waals surface area (Å²) in [4.78, 5) is 41.6. The summed E-state index contributed by atoms with van der Waals surface area (Å²) in [5.41, 5.74) is 0.541. The average Bonchev–Trinajstić information content (AvgIpc) is 2.80. The molecule has 1 aromatic heterocycles. The highest BCUT2D eigenvalue weighted by atomic mass is 16.2. The molecular formula is C17H10N2O3. The number of carbonyl (C=O) groups is 2. The predicted molar refractivity (Wildman–Crippen MR) is 82.2 cm³/mol. The molecule has 0 fully saturated rings. The minimum absolute atomic E-state index is 0.0533. The Morgan fingerprint density at radius 2 is 1.45 bits per heavy atom. The molecule has 5 nitrogen and oxygen atoms in total. The van der Waals surface area contributed by atoms with Crippen LogP contribution in [0.2, 0.25) is 0 Å². The molecule has 2 heterocycles. The molecule has 4 rings (SSSR count). The van der Waals surface area contributed by atoms with Gasteiger partial charge < -0.3 is 4.98 Å². The first-order chi connectivity index (χ1) is 10.7. The molecule has 2 aromatic carbocycles. The van der Waals surface area contributed by atoms with Gasteiger partial charge in [-0.05, 0) is 24.3 Å². The zero-order valence-corrected chi connectivity index (χ0v) is 11.4. The number of fused-ring (bicyclic) bond motifs is 2. The first kappa shape index (κ1) is 12.5. The summed E-state index contributed by atoms with van der Waals surface area (Å²) in [7, 11) is 0. The molecule has 0 atom stereocenters. The van der Waals surface area contributed by atoms with Crippen molar-refractivity contribution in [2.45, 2.75) is 0 Å². The molecule has 106 valence electrons. The largest absolute Gasteiger partial charge is 0.350 e. The van der Waals surface area contributed by atoms with Crippen LogP contribution in [0.25, 0.3) is 10.9 Å². The van der Waals surface area contributed by atoms with Crippen molar-refractivity contribution < 1.29 is 9.59 Å². The number of H-pyrrole nitrogens is 1. The van der Waals surface area contributed by atoms with Crippen molar-refractivity contribution in [2.75, 3.05) is 4.90 Å². The van der Waals surface area contributed by atoms with Gasteiger partial charge in [0.2, 0.25) is 5.43 Å². The van der Waals surface area contributed by atoms with Crippen LogP contribution in [-0.4, -0.2) is 16.8 Å². The van der Waals surface area contributed by atoms with Gasteiger partial charge in [0.1, 0.15) is 11.3 Å². The van der Waals surface area contributed by atoms with Crippen LogP contribution in [-0.2, 0) is 0 Å². The van der Waals surface area contributed by atoms with Gasteiger partial charge in [-0.15, -0.1) is 0 Å². The number of hydrogen-bond donors (Lipinski definition) is 1. The van der Waals surface area contributed by atoms with Crippen LogP contribution >= 0.6 is 0 Å². The predicted octanol–water partition coefficient (Wildman–Crippen LogP) is 2.33.